The third-order valence-corrected chi connectivity index (χ3v) is 3.98. The molecule has 0 unspecified atom stereocenters. The van der Waals surface area contributed by atoms with E-state index >= 15 is 0 Å². The molecule has 2 heterocycles. The summed E-state index contributed by atoms with van der Waals surface area (Å²) in [6, 6.07) is 7.94. The highest BCUT2D eigenvalue weighted by molar-refractivity contribution is 5.89. The summed E-state index contributed by atoms with van der Waals surface area (Å²) >= 11 is 0. The molecule has 3 rings (SSSR count). The molecule has 7 heteroatoms. The largest absolute Gasteiger partial charge is 0.478 e. The van der Waals surface area contributed by atoms with Crippen LogP contribution < -0.4 is 10.1 Å². The second-order valence-corrected chi connectivity index (χ2v) is 5.93. The first-order valence-electron chi connectivity index (χ1n) is 8.39. The highest BCUT2D eigenvalue weighted by Crippen LogP contribution is 2.28. The molecule has 0 amide bonds. The molecule has 0 bridgehead atoms. The molecule has 26 heavy (non-hydrogen) atoms. The third-order valence-electron chi connectivity index (χ3n) is 3.98. The van der Waals surface area contributed by atoms with E-state index in [1.54, 1.807) is 25.3 Å². The van der Waals surface area contributed by atoms with Crippen molar-refractivity contribution in [2.75, 3.05) is 11.9 Å². The molecule has 3 aromatic rings. The van der Waals surface area contributed by atoms with Crippen molar-refractivity contribution in [3.05, 3.63) is 53.5 Å². The van der Waals surface area contributed by atoms with Crippen molar-refractivity contribution < 1.29 is 13.5 Å². The van der Waals surface area contributed by atoms with E-state index in [4.69, 9.17) is 4.74 Å². The van der Waals surface area contributed by atoms with E-state index in [1.807, 2.05) is 19.9 Å². The lowest BCUT2D eigenvalue weighted by molar-refractivity contribution is 0.151. The first-order valence-corrected chi connectivity index (χ1v) is 8.39. The maximum Gasteiger partial charge on any atom is 0.263 e. The van der Waals surface area contributed by atoms with Crippen molar-refractivity contribution in [3.63, 3.8) is 0 Å². The molecule has 136 valence electrons. The second-order valence-electron chi connectivity index (χ2n) is 5.93. The lowest BCUT2D eigenvalue weighted by Gasteiger charge is -2.18. The minimum absolute atomic E-state index is 0.00251. The van der Waals surface area contributed by atoms with Gasteiger partial charge in [-0.1, -0.05) is 18.2 Å². The molecule has 0 spiro atoms. The van der Waals surface area contributed by atoms with E-state index in [2.05, 4.69) is 20.3 Å². The molecule has 0 aliphatic heterocycles. The van der Waals surface area contributed by atoms with E-state index in [9.17, 15) is 8.78 Å². The fourth-order valence-corrected chi connectivity index (χ4v) is 2.72. The van der Waals surface area contributed by atoms with Gasteiger partial charge in [-0.05, 0) is 32.4 Å². The number of hydrogen-bond acceptors (Lipinski definition) is 5. The molecule has 2 aromatic heterocycles. The van der Waals surface area contributed by atoms with Gasteiger partial charge in [-0.15, -0.1) is 0 Å². The molecule has 0 saturated heterocycles. The summed E-state index contributed by atoms with van der Waals surface area (Å²) in [5.74, 6) is 1.70. The lowest BCUT2D eigenvalue weighted by atomic mass is 10.1. The Morgan fingerprint density at radius 3 is 2.65 bits per heavy atom. The van der Waals surface area contributed by atoms with Crippen LogP contribution >= 0.6 is 0 Å². The summed E-state index contributed by atoms with van der Waals surface area (Å²) in [6.07, 6.45) is -0.855. The van der Waals surface area contributed by atoms with Crippen LogP contribution in [-0.2, 0) is 0 Å². The number of aromatic nitrogens is 3. The van der Waals surface area contributed by atoms with Crippen LogP contribution in [-0.4, -0.2) is 21.6 Å². The van der Waals surface area contributed by atoms with E-state index in [0.29, 0.717) is 29.6 Å². The van der Waals surface area contributed by atoms with Gasteiger partial charge >= 0.3 is 0 Å². The number of pyridine rings is 1. The van der Waals surface area contributed by atoms with Gasteiger partial charge in [-0.25, -0.2) is 23.7 Å². The second kappa shape index (κ2) is 7.59. The van der Waals surface area contributed by atoms with E-state index in [0.717, 1.165) is 10.9 Å². The molecule has 0 aliphatic rings. The number of alkyl halides is 2. The molecule has 5 nitrogen and oxygen atoms in total. The maximum atomic E-state index is 13.0. The van der Waals surface area contributed by atoms with Crippen LogP contribution in [0.2, 0.25) is 0 Å². The molecular weight excluding hydrogens is 338 g/mol. The predicted molar refractivity (Wildman–Crippen MR) is 96.7 cm³/mol. The number of anilines is 1. The number of nitrogens with zero attached hydrogens (tertiary/aromatic N) is 3. The number of halogens is 2. The van der Waals surface area contributed by atoms with E-state index < -0.39 is 6.43 Å². The number of nitrogens with one attached hydrogen (secondary N) is 1. The van der Waals surface area contributed by atoms with Crippen LogP contribution in [0.3, 0.4) is 0 Å². The number of hydrogen-bond donors (Lipinski definition) is 1. The van der Waals surface area contributed by atoms with Crippen molar-refractivity contribution >= 4 is 16.7 Å². The maximum absolute atomic E-state index is 13.0. The summed E-state index contributed by atoms with van der Waals surface area (Å²) in [6.45, 7) is 6.08. The summed E-state index contributed by atoms with van der Waals surface area (Å²) < 4.78 is 31.4. The van der Waals surface area contributed by atoms with Crippen LogP contribution in [0.1, 0.15) is 43.3 Å². The molecule has 1 atom stereocenters. The minimum atomic E-state index is -2.50. The average molecular weight is 358 g/mol. The highest BCUT2D eigenvalue weighted by atomic mass is 19.3. The van der Waals surface area contributed by atoms with Crippen LogP contribution in [0.4, 0.5) is 14.6 Å². The standard InChI is InChI=1S/C19H20F2N4O/c1-4-26-17-9-15-16(10-22-17)24-12(3)25-19(15)23-11(2)13-6-5-7-14(8-13)18(20)21/h5-11,18H,4H2,1-3H3,(H,23,24,25)/t11-/m1/s1. The molecule has 0 saturated carbocycles. The van der Waals surface area contributed by atoms with E-state index in [-0.39, 0.29) is 11.6 Å². The normalized spacial score (nSPS) is 12.4. The molecule has 1 aromatic carbocycles. The Bertz CT molecular complexity index is 917. The van der Waals surface area contributed by atoms with Crippen LogP contribution in [0, 0.1) is 6.92 Å². The van der Waals surface area contributed by atoms with Gasteiger partial charge in [0, 0.05) is 23.1 Å². The van der Waals surface area contributed by atoms with Gasteiger partial charge in [-0.2, -0.15) is 0 Å². The van der Waals surface area contributed by atoms with E-state index in [1.165, 1.54) is 12.1 Å². The van der Waals surface area contributed by atoms with Crippen LogP contribution in [0.5, 0.6) is 5.88 Å². The van der Waals surface area contributed by atoms with Gasteiger partial charge in [-0.3, -0.25) is 0 Å². The average Bonchev–Trinajstić information content (AvgIpc) is 2.62. The number of benzene rings is 1. The van der Waals surface area contributed by atoms with Crippen molar-refractivity contribution in [1.29, 1.82) is 0 Å². The zero-order chi connectivity index (χ0) is 18.7. The van der Waals surface area contributed by atoms with Gasteiger partial charge in [0.2, 0.25) is 5.88 Å². The molecule has 0 aliphatic carbocycles. The summed E-state index contributed by atoms with van der Waals surface area (Å²) in [5.41, 5.74) is 1.45. The smallest absolute Gasteiger partial charge is 0.263 e. The fraction of sp³-hybridized carbons (Fsp3) is 0.316. The fourth-order valence-electron chi connectivity index (χ4n) is 2.72. The summed E-state index contributed by atoms with van der Waals surface area (Å²) in [4.78, 5) is 13.1. The van der Waals surface area contributed by atoms with Gasteiger partial charge in [0.25, 0.3) is 6.43 Å². The molecule has 0 fully saturated rings. The number of aryl methyl sites for hydroxylation is 1. The zero-order valence-corrected chi connectivity index (χ0v) is 14.8. The number of ether oxygens (including phenoxy) is 1. The van der Waals surface area contributed by atoms with Crippen molar-refractivity contribution in [2.45, 2.75) is 33.2 Å². The molecular formula is C19H20F2N4O. The Balaban J connectivity index is 1.96. The quantitative estimate of drug-likeness (QED) is 0.683. The van der Waals surface area contributed by atoms with Gasteiger partial charge in [0.15, 0.2) is 0 Å². The Kier molecular flexibility index (Phi) is 5.25. The van der Waals surface area contributed by atoms with Gasteiger partial charge in [0.05, 0.1) is 18.3 Å². The van der Waals surface area contributed by atoms with Crippen LogP contribution in [0.25, 0.3) is 10.9 Å². The number of fused-ring (bicyclic) bond motifs is 1. The highest BCUT2D eigenvalue weighted by Gasteiger charge is 2.14. The lowest BCUT2D eigenvalue weighted by Crippen LogP contribution is -2.10. The Labute approximate surface area is 150 Å². The zero-order valence-electron chi connectivity index (χ0n) is 14.8. The number of rotatable bonds is 6. The summed E-state index contributed by atoms with van der Waals surface area (Å²) in [7, 11) is 0. The molecule has 1 N–H and O–H groups in total. The summed E-state index contributed by atoms with van der Waals surface area (Å²) in [5, 5.41) is 4.07. The van der Waals surface area contributed by atoms with Crippen molar-refractivity contribution in [2.24, 2.45) is 0 Å². The Morgan fingerprint density at radius 1 is 1.15 bits per heavy atom. The monoisotopic (exact) mass is 358 g/mol. The van der Waals surface area contributed by atoms with Crippen molar-refractivity contribution in [1.82, 2.24) is 15.0 Å². The SMILES string of the molecule is CCOc1cc2c(N[C@H](C)c3cccc(C(F)F)c3)nc(C)nc2cn1. The Morgan fingerprint density at radius 2 is 1.92 bits per heavy atom. The van der Waals surface area contributed by atoms with Gasteiger partial charge < -0.3 is 10.1 Å². The van der Waals surface area contributed by atoms with Gasteiger partial charge in [0.1, 0.15) is 11.6 Å². The molecule has 0 radical (unpaired) electrons. The first kappa shape index (κ1) is 18.0. The topological polar surface area (TPSA) is 59.9 Å². The van der Waals surface area contributed by atoms with Crippen molar-refractivity contribution in [3.8, 4) is 5.88 Å². The Hall–Kier alpha value is -2.83. The third kappa shape index (κ3) is 3.87. The van der Waals surface area contributed by atoms with Crippen LogP contribution in [0.15, 0.2) is 36.5 Å². The minimum Gasteiger partial charge on any atom is -0.478 e. The first-order chi connectivity index (χ1) is 12.5. The predicted octanol–water partition coefficient (Wildman–Crippen LogP) is 4.84.